The summed E-state index contributed by atoms with van der Waals surface area (Å²) in [5, 5.41) is 18.8. The maximum atomic E-state index is 13.8. The van der Waals surface area contributed by atoms with E-state index in [0.717, 1.165) is 47.3 Å². The molecule has 3 amide bonds. The van der Waals surface area contributed by atoms with Gasteiger partial charge in [0.15, 0.2) is 6.29 Å². The monoisotopic (exact) mass is 760 g/mol. The maximum Gasteiger partial charge on any atom is 0.319 e. The zero-order valence-electron chi connectivity index (χ0n) is 32.8. The van der Waals surface area contributed by atoms with Gasteiger partial charge >= 0.3 is 6.03 Å². The first-order valence-corrected chi connectivity index (χ1v) is 20.2. The summed E-state index contributed by atoms with van der Waals surface area (Å²) >= 11 is 0. The molecule has 7 rings (SSSR count). The van der Waals surface area contributed by atoms with E-state index < -0.39 is 6.29 Å². The van der Waals surface area contributed by atoms with Gasteiger partial charge in [-0.2, -0.15) is 0 Å². The molecule has 3 aliphatic rings. The van der Waals surface area contributed by atoms with Gasteiger partial charge in [-0.25, -0.2) is 4.79 Å². The van der Waals surface area contributed by atoms with Crippen molar-refractivity contribution < 1.29 is 28.9 Å². The van der Waals surface area contributed by atoms with E-state index in [4.69, 9.17) is 14.2 Å². The van der Waals surface area contributed by atoms with E-state index in [2.05, 4.69) is 20.9 Å². The Hall–Kier alpha value is -4.74. The summed E-state index contributed by atoms with van der Waals surface area (Å²) in [6.07, 6.45) is 6.31. The molecule has 0 bridgehead atoms. The minimum Gasteiger partial charge on any atom is -0.457 e. The zero-order chi connectivity index (χ0) is 39.1. The Labute approximate surface area is 330 Å². The number of nitrogens with zero attached hydrogens (tertiary/aromatic N) is 1. The molecule has 6 unspecified atom stereocenters. The molecule has 56 heavy (non-hydrogen) atoms. The number of nitrogens with one attached hydrogen (secondary N) is 3. The molecule has 0 spiro atoms. The van der Waals surface area contributed by atoms with Crippen LogP contribution in [0.25, 0.3) is 0 Å². The van der Waals surface area contributed by atoms with Crippen molar-refractivity contribution in [1.29, 1.82) is 0 Å². The number of hydrogen-bond donors (Lipinski definition) is 4. The fraction of sp³-hybridized carbons (Fsp3) is 0.435. The number of amides is 3. The second-order valence-corrected chi connectivity index (χ2v) is 16.5. The van der Waals surface area contributed by atoms with Crippen LogP contribution in [-0.4, -0.2) is 52.2 Å². The molecule has 0 radical (unpaired) electrons. The van der Waals surface area contributed by atoms with Crippen LogP contribution in [0, 0.1) is 5.92 Å². The summed E-state index contributed by atoms with van der Waals surface area (Å²) < 4.78 is 19.3. The van der Waals surface area contributed by atoms with Gasteiger partial charge in [-0.05, 0) is 105 Å². The quantitative estimate of drug-likeness (QED) is 0.121. The van der Waals surface area contributed by atoms with Crippen LogP contribution in [0.1, 0.15) is 100 Å². The Bertz CT molecular complexity index is 1880. The molecule has 10 heteroatoms. The van der Waals surface area contributed by atoms with Gasteiger partial charge < -0.3 is 35.3 Å². The summed E-state index contributed by atoms with van der Waals surface area (Å²) in [5.41, 5.74) is 4.04. The number of aliphatic hydroxyl groups is 1. The highest BCUT2D eigenvalue weighted by atomic mass is 16.7. The standard InChI is InChI=1S/C46H56N4O6/c1-46(2,3)49-43(52)41-26-21-33-9-7-8-12-40(33)50(41)29-39-27-42(34-17-15-32(30-51)16-18-34)56-44(55-39)35-19-13-31(14-20-35)28-47-45(53)48-36-22-24-38(25-23-36)54-37-10-5-4-6-11-37/h4-6,10-11,13-20,22-25,33,39-42,44,51H,7-9,12,21,26-30H2,1-3H3,(H,49,52)(H2,47,48,53). The normalized spacial score (nSPS) is 24.1. The van der Waals surface area contributed by atoms with Crippen LogP contribution in [0.15, 0.2) is 103 Å². The van der Waals surface area contributed by atoms with Crippen LogP contribution >= 0.6 is 0 Å². The number of urea groups is 1. The smallest absolute Gasteiger partial charge is 0.319 e. The van der Waals surface area contributed by atoms with Crippen molar-refractivity contribution >= 4 is 17.6 Å². The second kappa shape index (κ2) is 18.0. The lowest BCUT2D eigenvalue weighted by molar-refractivity contribution is -0.255. The first-order valence-electron chi connectivity index (χ1n) is 20.2. The lowest BCUT2D eigenvalue weighted by Crippen LogP contribution is -2.61. The van der Waals surface area contributed by atoms with Crippen LogP contribution in [-0.2, 0) is 27.4 Å². The summed E-state index contributed by atoms with van der Waals surface area (Å²) in [6, 6.07) is 32.5. The van der Waals surface area contributed by atoms with Crippen molar-refractivity contribution in [2.75, 3.05) is 11.9 Å². The lowest BCUT2D eigenvalue weighted by Gasteiger charge is -2.50. The molecule has 2 saturated heterocycles. The third-order valence-electron chi connectivity index (χ3n) is 11.1. The molecule has 10 nitrogen and oxygen atoms in total. The minimum atomic E-state index is -0.621. The van der Waals surface area contributed by atoms with Crippen LogP contribution in [0.4, 0.5) is 10.5 Å². The predicted octanol–water partition coefficient (Wildman–Crippen LogP) is 8.78. The fourth-order valence-corrected chi connectivity index (χ4v) is 8.38. The average Bonchev–Trinajstić information content (AvgIpc) is 3.21. The molecule has 4 aromatic rings. The number of rotatable bonds is 11. The third kappa shape index (κ3) is 10.4. The molecule has 2 heterocycles. The van der Waals surface area contributed by atoms with E-state index in [0.29, 0.717) is 42.9 Å². The van der Waals surface area contributed by atoms with Crippen molar-refractivity contribution in [3.8, 4) is 11.5 Å². The topological polar surface area (TPSA) is 121 Å². The lowest BCUT2D eigenvalue weighted by atomic mass is 9.75. The molecule has 0 aromatic heterocycles. The number of piperidine rings is 1. The number of ether oxygens (including phenoxy) is 3. The van der Waals surface area contributed by atoms with Gasteiger partial charge in [0.05, 0.1) is 24.9 Å². The van der Waals surface area contributed by atoms with E-state index in [1.807, 2.05) is 112 Å². The summed E-state index contributed by atoms with van der Waals surface area (Å²) in [7, 11) is 0. The van der Waals surface area contributed by atoms with Gasteiger partial charge in [0.25, 0.3) is 0 Å². The molecule has 3 fully saturated rings. The highest BCUT2D eigenvalue weighted by Gasteiger charge is 2.44. The summed E-state index contributed by atoms with van der Waals surface area (Å²) in [6.45, 7) is 7.09. The number of benzene rings is 4. The Morgan fingerprint density at radius 3 is 2.18 bits per heavy atom. The van der Waals surface area contributed by atoms with Crippen molar-refractivity contribution in [3.63, 3.8) is 0 Å². The van der Waals surface area contributed by atoms with E-state index in [-0.39, 0.29) is 42.3 Å². The molecule has 6 atom stereocenters. The van der Waals surface area contributed by atoms with Gasteiger partial charge in [-0.3, -0.25) is 9.69 Å². The van der Waals surface area contributed by atoms with Gasteiger partial charge in [-0.1, -0.05) is 79.6 Å². The largest absolute Gasteiger partial charge is 0.457 e. The molecule has 1 saturated carbocycles. The van der Waals surface area contributed by atoms with E-state index in [1.165, 1.54) is 19.3 Å². The number of fused-ring (bicyclic) bond motifs is 1. The number of anilines is 1. The Kier molecular flexibility index (Phi) is 12.7. The second-order valence-electron chi connectivity index (χ2n) is 16.5. The highest BCUT2D eigenvalue weighted by molar-refractivity contribution is 5.89. The van der Waals surface area contributed by atoms with E-state index >= 15 is 0 Å². The molecule has 4 aromatic carbocycles. The van der Waals surface area contributed by atoms with Crippen LogP contribution in [0.3, 0.4) is 0 Å². The number of hydrogen-bond acceptors (Lipinski definition) is 7. The molecule has 2 aliphatic heterocycles. The highest BCUT2D eigenvalue weighted by Crippen LogP contribution is 2.42. The number of aliphatic hydroxyl groups excluding tert-OH is 1. The van der Waals surface area contributed by atoms with Gasteiger partial charge in [0, 0.05) is 42.3 Å². The molecule has 296 valence electrons. The number of carbonyl (C=O) groups is 2. The average molecular weight is 761 g/mol. The molecular formula is C46H56N4O6. The van der Waals surface area contributed by atoms with Crippen LogP contribution < -0.4 is 20.7 Å². The number of para-hydroxylation sites is 1. The first-order chi connectivity index (χ1) is 27.1. The van der Waals surface area contributed by atoms with Crippen LogP contribution in [0.5, 0.6) is 11.5 Å². The van der Waals surface area contributed by atoms with Crippen molar-refractivity contribution in [2.45, 2.75) is 115 Å². The van der Waals surface area contributed by atoms with Crippen LogP contribution in [0.2, 0.25) is 0 Å². The first kappa shape index (κ1) is 39.5. The summed E-state index contributed by atoms with van der Waals surface area (Å²) in [4.78, 5) is 29.0. The van der Waals surface area contributed by atoms with Gasteiger partial charge in [0.2, 0.25) is 5.91 Å². The van der Waals surface area contributed by atoms with Crippen molar-refractivity contribution in [1.82, 2.24) is 15.5 Å². The number of carbonyl (C=O) groups excluding carboxylic acids is 2. The SMILES string of the molecule is CC(C)(C)NC(=O)C1CCC2CCCCC2N1CC1CC(c2ccc(CO)cc2)OC(c2ccc(CNC(=O)Nc3ccc(Oc4ccccc4)cc3)cc2)O1. The van der Waals surface area contributed by atoms with E-state index in [9.17, 15) is 14.7 Å². The minimum absolute atomic E-state index is 0.0176. The fourth-order valence-electron chi connectivity index (χ4n) is 8.38. The number of likely N-dealkylation sites (tertiary alicyclic amines) is 1. The Morgan fingerprint density at radius 1 is 0.786 bits per heavy atom. The predicted molar refractivity (Wildman–Crippen MR) is 217 cm³/mol. The Morgan fingerprint density at radius 2 is 1.46 bits per heavy atom. The zero-order valence-corrected chi connectivity index (χ0v) is 32.8. The third-order valence-corrected chi connectivity index (χ3v) is 11.1. The molecular weight excluding hydrogens is 705 g/mol. The Balaban J connectivity index is 1.02. The molecule has 4 N–H and O–H groups in total. The van der Waals surface area contributed by atoms with E-state index in [1.54, 1.807) is 12.1 Å². The van der Waals surface area contributed by atoms with Crippen molar-refractivity contribution in [3.05, 3.63) is 125 Å². The maximum absolute atomic E-state index is 13.8. The molecule has 1 aliphatic carbocycles. The van der Waals surface area contributed by atoms with Gasteiger partial charge in [-0.15, -0.1) is 0 Å². The van der Waals surface area contributed by atoms with Crippen molar-refractivity contribution in [2.24, 2.45) is 5.92 Å². The summed E-state index contributed by atoms with van der Waals surface area (Å²) in [5.74, 6) is 2.13. The van der Waals surface area contributed by atoms with Gasteiger partial charge in [0.1, 0.15) is 11.5 Å².